The van der Waals surface area contributed by atoms with Crippen molar-refractivity contribution in [2.75, 3.05) is 19.6 Å². The highest BCUT2D eigenvalue weighted by Crippen LogP contribution is 2.29. The molecule has 1 N–H and O–H groups in total. The number of likely N-dealkylation sites (tertiary alicyclic amines) is 1. The molecule has 0 unspecified atom stereocenters. The number of piperidine rings is 1. The molecule has 3 rings (SSSR count). The molecule has 1 aliphatic rings. The van der Waals surface area contributed by atoms with Crippen molar-refractivity contribution >= 4 is 17.2 Å². The number of rotatable bonds is 5. The van der Waals surface area contributed by atoms with Crippen LogP contribution in [0.2, 0.25) is 0 Å². The number of hydrogen-bond acceptors (Lipinski definition) is 4. The van der Waals surface area contributed by atoms with Crippen LogP contribution in [0.25, 0.3) is 0 Å². The third-order valence-corrected chi connectivity index (χ3v) is 5.93. The number of amides is 1. The molecule has 1 amide bonds. The van der Waals surface area contributed by atoms with E-state index in [1.165, 1.54) is 28.4 Å². The second-order valence-corrected chi connectivity index (χ2v) is 7.80. The number of carbonyl (C=O) groups is 1. The van der Waals surface area contributed by atoms with Crippen LogP contribution in [-0.4, -0.2) is 35.0 Å². The maximum absolute atomic E-state index is 12.4. The van der Waals surface area contributed by atoms with E-state index in [9.17, 15) is 9.59 Å². The summed E-state index contributed by atoms with van der Waals surface area (Å²) in [4.78, 5) is 27.9. The lowest BCUT2D eigenvalue weighted by atomic mass is 9.97. The Morgan fingerprint density at radius 3 is 2.76 bits per heavy atom. The highest BCUT2D eigenvalue weighted by atomic mass is 32.1. The Morgan fingerprint density at radius 1 is 1.36 bits per heavy atom. The smallest absolute Gasteiger partial charge is 0.251 e. The van der Waals surface area contributed by atoms with Crippen LogP contribution in [0.15, 0.2) is 40.6 Å². The minimum Gasteiger partial charge on any atom is -0.350 e. The van der Waals surface area contributed by atoms with Crippen LogP contribution in [0.1, 0.15) is 41.0 Å². The summed E-state index contributed by atoms with van der Waals surface area (Å²) >= 11 is 1.73. The Kier molecular flexibility index (Phi) is 5.71. The van der Waals surface area contributed by atoms with Crippen molar-refractivity contribution in [2.45, 2.75) is 25.8 Å². The van der Waals surface area contributed by atoms with Gasteiger partial charge in [-0.2, -0.15) is 0 Å². The largest absolute Gasteiger partial charge is 0.350 e. The minimum absolute atomic E-state index is 0.174. The highest BCUT2D eigenvalue weighted by Gasteiger charge is 2.25. The molecule has 1 aliphatic heterocycles. The predicted molar refractivity (Wildman–Crippen MR) is 101 cm³/mol. The lowest BCUT2D eigenvalue weighted by molar-refractivity contribution is 0.0914. The Hall–Kier alpha value is -1.92. The molecule has 0 radical (unpaired) electrons. The van der Waals surface area contributed by atoms with Gasteiger partial charge in [-0.25, -0.2) is 0 Å². The molecule has 0 aliphatic carbocycles. The summed E-state index contributed by atoms with van der Waals surface area (Å²) in [5.74, 6) is 0.583. The van der Waals surface area contributed by atoms with Gasteiger partial charge in [0.05, 0.1) is 6.04 Å². The van der Waals surface area contributed by atoms with Gasteiger partial charge in [-0.3, -0.25) is 14.5 Å². The molecular formula is C19H25N3O2S. The van der Waals surface area contributed by atoms with Gasteiger partial charge in [0.15, 0.2) is 0 Å². The molecular weight excluding hydrogens is 334 g/mol. The maximum Gasteiger partial charge on any atom is 0.251 e. The van der Waals surface area contributed by atoms with Crippen molar-refractivity contribution in [2.24, 2.45) is 13.0 Å². The quantitative estimate of drug-likeness (QED) is 0.893. The summed E-state index contributed by atoms with van der Waals surface area (Å²) in [5.41, 5.74) is 0.243. The summed E-state index contributed by atoms with van der Waals surface area (Å²) in [5, 5.41) is 5.10. The molecule has 2 aromatic heterocycles. The monoisotopic (exact) mass is 359 g/mol. The van der Waals surface area contributed by atoms with Gasteiger partial charge in [-0.1, -0.05) is 13.0 Å². The van der Waals surface area contributed by atoms with Crippen molar-refractivity contribution in [1.29, 1.82) is 0 Å². The van der Waals surface area contributed by atoms with Gasteiger partial charge in [-0.05, 0) is 49.4 Å². The molecule has 2 aromatic rings. The molecule has 0 saturated carbocycles. The van der Waals surface area contributed by atoms with Gasteiger partial charge in [0.1, 0.15) is 0 Å². The predicted octanol–water partition coefficient (Wildman–Crippen LogP) is 2.65. The first-order valence-electron chi connectivity index (χ1n) is 8.77. The zero-order chi connectivity index (χ0) is 17.8. The van der Waals surface area contributed by atoms with Crippen molar-refractivity contribution in [3.8, 4) is 0 Å². The third-order valence-electron chi connectivity index (χ3n) is 4.95. The Balaban J connectivity index is 1.69. The Bertz CT molecular complexity index is 761. The van der Waals surface area contributed by atoms with Crippen LogP contribution in [0.3, 0.4) is 0 Å². The van der Waals surface area contributed by atoms with Crippen molar-refractivity contribution < 1.29 is 4.79 Å². The normalized spacial score (nSPS) is 17.4. The summed E-state index contributed by atoms with van der Waals surface area (Å²) in [6.07, 6.45) is 4.02. The van der Waals surface area contributed by atoms with E-state index >= 15 is 0 Å². The summed E-state index contributed by atoms with van der Waals surface area (Å²) in [7, 11) is 1.67. The van der Waals surface area contributed by atoms with Crippen molar-refractivity contribution in [3.05, 3.63) is 56.6 Å². The zero-order valence-corrected chi connectivity index (χ0v) is 15.6. The average molecular weight is 359 g/mol. The number of carbonyl (C=O) groups excluding carboxylic acids is 1. The van der Waals surface area contributed by atoms with E-state index < -0.39 is 0 Å². The Labute approximate surface area is 152 Å². The number of hydrogen-bond donors (Lipinski definition) is 1. The molecule has 134 valence electrons. The number of aromatic nitrogens is 1. The van der Waals surface area contributed by atoms with Crippen LogP contribution in [0, 0.1) is 5.92 Å². The van der Waals surface area contributed by atoms with E-state index in [0.717, 1.165) is 19.0 Å². The van der Waals surface area contributed by atoms with Crippen LogP contribution >= 0.6 is 11.3 Å². The SMILES string of the molecule is CC1CCN([C@@H](CNC(=O)c2ccn(C)c(=O)c2)c2cccs2)CC1. The first-order chi connectivity index (χ1) is 12.0. The fourth-order valence-electron chi connectivity index (χ4n) is 3.21. The third kappa shape index (κ3) is 4.38. The zero-order valence-electron chi connectivity index (χ0n) is 14.8. The number of nitrogens with zero attached hydrogens (tertiary/aromatic N) is 2. The first kappa shape index (κ1) is 17.9. The second kappa shape index (κ2) is 7.97. The van der Waals surface area contributed by atoms with Crippen molar-refractivity contribution in [3.63, 3.8) is 0 Å². The molecule has 1 atom stereocenters. The lowest BCUT2D eigenvalue weighted by Gasteiger charge is -2.36. The van der Waals surface area contributed by atoms with Crippen LogP contribution in [-0.2, 0) is 7.05 Å². The topological polar surface area (TPSA) is 54.3 Å². The highest BCUT2D eigenvalue weighted by molar-refractivity contribution is 7.10. The first-order valence-corrected chi connectivity index (χ1v) is 9.65. The minimum atomic E-state index is -0.190. The summed E-state index contributed by atoms with van der Waals surface area (Å²) in [6.45, 7) is 4.98. The van der Waals surface area contributed by atoms with E-state index in [0.29, 0.717) is 12.1 Å². The van der Waals surface area contributed by atoms with Gasteiger partial charge in [0.25, 0.3) is 11.5 Å². The maximum atomic E-state index is 12.4. The van der Waals surface area contributed by atoms with E-state index in [1.807, 2.05) is 0 Å². The van der Waals surface area contributed by atoms with E-state index in [4.69, 9.17) is 0 Å². The van der Waals surface area contributed by atoms with Crippen LogP contribution in [0.5, 0.6) is 0 Å². The number of thiophene rings is 1. The number of pyridine rings is 1. The molecule has 0 aromatic carbocycles. The molecule has 0 spiro atoms. The standard InChI is InChI=1S/C19H25N3O2S/c1-14-5-9-22(10-6-14)16(17-4-3-11-25-17)13-20-19(24)15-7-8-21(2)18(23)12-15/h3-4,7-8,11-12,14,16H,5-6,9-10,13H2,1-2H3,(H,20,24)/t16-/m0/s1. The lowest BCUT2D eigenvalue weighted by Crippen LogP contribution is -2.41. The fraction of sp³-hybridized carbons (Fsp3) is 0.474. The number of nitrogens with one attached hydrogen (secondary N) is 1. The molecule has 1 saturated heterocycles. The van der Waals surface area contributed by atoms with E-state index in [2.05, 4.69) is 34.7 Å². The average Bonchev–Trinajstić information content (AvgIpc) is 3.13. The van der Waals surface area contributed by atoms with Crippen molar-refractivity contribution in [1.82, 2.24) is 14.8 Å². The van der Waals surface area contributed by atoms with Crippen LogP contribution < -0.4 is 10.9 Å². The molecule has 5 nitrogen and oxygen atoms in total. The van der Waals surface area contributed by atoms with Crippen LogP contribution in [0.4, 0.5) is 0 Å². The number of aryl methyl sites for hydroxylation is 1. The Morgan fingerprint density at radius 2 is 2.12 bits per heavy atom. The van der Waals surface area contributed by atoms with Gasteiger partial charge in [-0.15, -0.1) is 11.3 Å². The van der Waals surface area contributed by atoms with Gasteiger partial charge >= 0.3 is 0 Å². The van der Waals surface area contributed by atoms with Gasteiger partial charge in [0.2, 0.25) is 0 Å². The van der Waals surface area contributed by atoms with Gasteiger partial charge in [0, 0.05) is 36.3 Å². The molecule has 6 heteroatoms. The molecule has 3 heterocycles. The summed E-state index contributed by atoms with van der Waals surface area (Å²) < 4.78 is 1.46. The molecule has 1 fully saturated rings. The summed E-state index contributed by atoms with van der Waals surface area (Å²) in [6, 6.07) is 7.46. The molecule has 0 bridgehead atoms. The second-order valence-electron chi connectivity index (χ2n) is 6.82. The van der Waals surface area contributed by atoms with E-state index in [-0.39, 0.29) is 17.5 Å². The van der Waals surface area contributed by atoms with Gasteiger partial charge < -0.3 is 9.88 Å². The fourth-order valence-corrected chi connectivity index (χ4v) is 4.07. The molecule has 25 heavy (non-hydrogen) atoms. The van der Waals surface area contributed by atoms with E-state index in [1.54, 1.807) is 30.6 Å².